The lowest BCUT2D eigenvalue weighted by Gasteiger charge is -2.25. The number of benzene rings is 3. The van der Waals surface area contributed by atoms with E-state index < -0.39 is 24.2 Å². The molecule has 0 spiro atoms. The Morgan fingerprint density at radius 3 is 2.38 bits per heavy atom. The molecule has 212 valence electrons. The molecule has 1 aromatic heterocycles. The predicted molar refractivity (Wildman–Crippen MR) is 155 cm³/mol. The molecule has 0 bridgehead atoms. The first-order chi connectivity index (χ1) is 20.2. The molecule has 8 heteroatoms. The number of amides is 2. The number of anilines is 1. The Labute approximate surface area is 242 Å². The topological polar surface area (TPSA) is 93.6 Å². The van der Waals surface area contributed by atoms with Gasteiger partial charge in [0, 0.05) is 16.5 Å². The van der Waals surface area contributed by atoms with Crippen molar-refractivity contribution in [3.63, 3.8) is 0 Å². The van der Waals surface area contributed by atoms with Crippen molar-refractivity contribution in [3.05, 3.63) is 95.3 Å². The molecule has 1 saturated carbocycles. The Bertz CT molecular complexity index is 1730. The molecule has 1 saturated heterocycles. The molecule has 2 amide bonds. The highest BCUT2D eigenvalue weighted by Crippen LogP contribution is 2.42. The molecule has 0 unspecified atom stereocenters. The van der Waals surface area contributed by atoms with Crippen LogP contribution in [0.25, 0.3) is 22.2 Å². The fraction of sp³-hybridized carbons (Fsp3) is 0.265. The van der Waals surface area contributed by atoms with Crippen molar-refractivity contribution >= 4 is 40.2 Å². The van der Waals surface area contributed by atoms with Gasteiger partial charge in [0.05, 0.1) is 34.3 Å². The number of hydrogen-bond acceptors (Lipinski definition) is 6. The molecule has 0 radical (unpaired) electrons. The van der Waals surface area contributed by atoms with E-state index >= 15 is 0 Å². The number of ether oxygens (including phenoxy) is 1. The quantitative estimate of drug-likeness (QED) is 0.155. The average Bonchev–Trinajstić information content (AvgIpc) is 3.24. The summed E-state index contributed by atoms with van der Waals surface area (Å²) in [6.45, 7) is 3.52. The van der Waals surface area contributed by atoms with E-state index in [1.54, 1.807) is 30.3 Å². The van der Waals surface area contributed by atoms with E-state index in [4.69, 9.17) is 9.72 Å². The molecule has 3 atom stereocenters. The predicted octanol–water partition coefficient (Wildman–Crippen LogP) is 6.31. The second kappa shape index (κ2) is 10.9. The van der Waals surface area contributed by atoms with Crippen molar-refractivity contribution in [2.24, 2.45) is 17.8 Å². The van der Waals surface area contributed by atoms with Gasteiger partial charge in [-0.05, 0) is 86.7 Å². The van der Waals surface area contributed by atoms with Crippen LogP contribution in [0.2, 0.25) is 0 Å². The summed E-state index contributed by atoms with van der Waals surface area (Å²) >= 11 is 0. The Morgan fingerprint density at radius 1 is 0.929 bits per heavy atom. The van der Waals surface area contributed by atoms with Gasteiger partial charge in [-0.1, -0.05) is 30.7 Å². The molecule has 1 aliphatic carbocycles. The summed E-state index contributed by atoms with van der Waals surface area (Å²) in [5.41, 5.74) is 3.68. The molecule has 2 aliphatic rings. The highest BCUT2D eigenvalue weighted by molar-refractivity contribution is 6.22. The Morgan fingerprint density at radius 2 is 1.64 bits per heavy atom. The number of pyridine rings is 1. The first kappa shape index (κ1) is 27.4. The summed E-state index contributed by atoms with van der Waals surface area (Å²) in [4.78, 5) is 58.1. The highest BCUT2D eigenvalue weighted by atomic mass is 19.1. The van der Waals surface area contributed by atoms with Gasteiger partial charge in [0.2, 0.25) is 11.8 Å². The van der Waals surface area contributed by atoms with Crippen LogP contribution in [0, 0.1) is 30.5 Å². The largest absolute Gasteiger partial charge is 0.454 e. The summed E-state index contributed by atoms with van der Waals surface area (Å²) in [5, 5.41) is 0.583. The minimum Gasteiger partial charge on any atom is -0.454 e. The number of carbonyl (C=O) groups excluding carboxylic acids is 4. The maximum atomic E-state index is 13.2. The molecule has 1 aliphatic heterocycles. The Hall–Kier alpha value is -4.72. The van der Waals surface area contributed by atoms with E-state index in [2.05, 4.69) is 6.92 Å². The minimum absolute atomic E-state index is 0.135. The van der Waals surface area contributed by atoms with Crippen molar-refractivity contribution in [1.29, 1.82) is 0 Å². The van der Waals surface area contributed by atoms with E-state index in [1.807, 2.05) is 25.1 Å². The van der Waals surface area contributed by atoms with Crippen LogP contribution < -0.4 is 4.90 Å². The van der Waals surface area contributed by atoms with Gasteiger partial charge in [-0.2, -0.15) is 0 Å². The van der Waals surface area contributed by atoms with Crippen molar-refractivity contribution in [2.75, 3.05) is 11.5 Å². The number of carbonyl (C=O) groups is 4. The second-order valence-corrected chi connectivity index (χ2v) is 11.3. The van der Waals surface area contributed by atoms with Gasteiger partial charge in [-0.15, -0.1) is 0 Å². The summed E-state index contributed by atoms with van der Waals surface area (Å²) < 4.78 is 18.6. The molecule has 2 fully saturated rings. The van der Waals surface area contributed by atoms with E-state index in [1.165, 1.54) is 29.2 Å². The average molecular weight is 565 g/mol. The monoisotopic (exact) mass is 564 g/mol. The lowest BCUT2D eigenvalue weighted by molar-refractivity contribution is -0.122. The van der Waals surface area contributed by atoms with Crippen LogP contribution in [0.4, 0.5) is 10.1 Å². The number of imide groups is 1. The number of fused-ring (bicyclic) bond motifs is 2. The van der Waals surface area contributed by atoms with E-state index in [0.717, 1.165) is 24.8 Å². The SMILES string of the molecule is Cc1ccc2nc(-c3ccc(N4C(=O)[C@H]5C[C@@H](C)CC[C@H]5C4=O)cc3)cc(C(=O)OCC(=O)c3ccc(F)cc3)c2c1. The van der Waals surface area contributed by atoms with Crippen LogP contribution in [0.5, 0.6) is 0 Å². The summed E-state index contributed by atoms with van der Waals surface area (Å²) in [7, 11) is 0. The van der Waals surface area contributed by atoms with Gasteiger partial charge in [0.25, 0.3) is 0 Å². The smallest absolute Gasteiger partial charge is 0.339 e. The summed E-state index contributed by atoms with van der Waals surface area (Å²) in [6.07, 6.45) is 2.42. The molecule has 6 rings (SSSR count). The fourth-order valence-corrected chi connectivity index (χ4v) is 6.01. The number of halogens is 1. The first-order valence-electron chi connectivity index (χ1n) is 14.0. The van der Waals surface area contributed by atoms with E-state index in [-0.39, 0.29) is 34.8 Å². The molecule has 4 aromatic rings. The van der Waals surface area contributed by atoms with Gasteiger partial charge in [0.15, 0.2) is 12.4 Å². The van der Waals surface area contributed by atoms with Crippen LogP contribution in [-0.2, 0) is 14.3 Å². The zero-order chi connectivity index (χ0) is 29.5. The van der Waals surface area contributed by atoms with Crippen LogP contribution >= 0.6 is 0 Å². The number of ketones is 1. The maximum absolute atomic E-state index is 13.2. The Kier molecular flexibility index (Phi) is 7.14. The lowest BCUT2D eigenvalue weighted by Crippen LogP contribution is -2.30. The molecule has 0 N–H and O–H groups in total. The molecular formula is C34H29FN2O5. The molecular weight excluding hydrogens is 535 g/mol. The van der Waals surface area contributed by atoms with Crippen molar-refractivity contribution in [2.45, 2.75) is 33.1 Å². The lowest BCUT2D eigenvalue weighted by atomic mass is 9.76. The van der Waals surface area contributed by atoms with Crippen LogP contribution in [0.1, 0.15) is 52.5 Å². The zero-order valence-corrected chi connectivity index (χ0v) is 23.3. The van der Waals surface area contributed by atoms with E-state index in [0.29, 0.717) is 33.8 Å². The second-order valence-electron chi connectivity index (χ2n) is 11.3. The van der Waals surface area contributed by atoms with Crippen molar-refractivity contribution in [3.8, 4) is 11.3 Å². The number of aromatic nitrogens is 1. The molecule has 7 nitrogen and oxygen atoms in total. The molecule has 42 heavy (non-hydrogen) atoms. The van der Waals surface area contributed by atoms with Gasteiger partial charge in [0.1, 0.15) is 5.82 Å². The number of aryl methyl sites for hydroxylation is 1. The number of Topliss-reactive ketones (excluding diaryl/α,β-unsaturated/α-hetero) is 1. The third-order valence-electron chi connectivity index (χ3n) is 8.29. The van der Waals surface area contributed by atoms with Crippen LogP contribution in [0.3, 0.4) is 0 Å². The standard InChI is InChI=1S/C34H29FN2O5/c1-19-3-13-25-27(16-19)33(40)37(32(25)39)24-11-7-21(8-12-24)30-17-28(26-15-20(2)4-14-29(26)36-30)34(41)42-18-31(38)22-5-9-23(35)10-6-22/h4-12,14-15,17,19,25,27H,3,13,16,18H2,1-2H3/t19-,25+,27-/m0/s1. The normalized spacial score (nSPS) is 20.1. The van der Waals surface area contributed by atoms with Gasteiger partial charge < -0.3 is 4.74 Å². The van der Waals surface area contributed by atoms with Crippen LogP contribution in [0.15, 0.2) is 72.8 Å². The van der Waals surface area contributed by atoms with Gasteiger partial charge in [-0.25, -0.2) is 14.2 Å². The fourth-order valence-electron chi connectivity index (χ4n) is 6.01. The Balaban J connectivity index is 1.27. The third-order valence-corrected chi connectivity index (χ3v) is 8.29. The number of rotatable bonds is 6. The minimum atomic E-state index is -0.688. The number of nitrogens with zero attached hydrogens (tertiary/aromatic N) is 2. The first-order valence-corrected chi connectivity index (χ1v) is 14.0. The molecule has 3 aromatic carbocycles. The number of esters is 1. The van der Waals surface area contributed by atoms with E-state index in [9.17, 15) is 23.6 Å². The molecule has 2 heterocycles. The van der Waals surface area contributed by atoms with Crippen molar-refractivity contribution in [1.82, 2.24) is 4.98 Å². The third kappa shape index (κ3) is 5.09. The highest BCUT2D eigenvalue weighted by Gasteiger charge is 2.49. The summed E-state index contributed by atoms with van der Waals surface area (Å²) in [6, 6.07) is 19.2. The van der Waals surface area contributed by atoms with Crippen LogP contribution in [-0.4, -0.2) is 35.2 Å². The zero-order valence-electron chi connectivity index (χ0n) is 23.3. The summed E-state index contributed by atoms with van der Waals surface area (Å²) in [5.74, 6) is -1.95. The maximum Gasteiger partial charge on any atom is 0.339 e. The van der Waals surface area contributed by atoms with Gasteiger partial charge in [-0.3, -0.25) is 19.3 Å². The van der Waals surface area contributed by atoms with Crippen molar-refractivity contribution < 1.29 is 28.3 Å². The van der Waals surface area contributed by atoms with Gasteiger partial charge >= 0.3 is 5.97 Å². The number of hydrogen-bond donors (Lipinski definition) is 0.